The molecule has 0 bridgehead atoms. The van der Waals surface area contributed by atoms with Gasteiger partial charge in [0.05, 0.1) is 13.2 Å². The number of rotatable bonds is 2. The summed E-state index contributed by atoms with van der Waals surface area (Å²) in [4.78, 5) is 0. The van der Waals surface area contributed by atoms with Crippen molar-refractivity contribution in [3.8, 4) is 0 Å². The van der Waals surface area contributed by atoms with Crippen LogP contribution in [-0.4, -0.2) is 33.4 Å². The summed E-state index contributed by atoms with van der Waals surface area (Å²) in [6.07, 6.45) is 1.07. The topological polar surface area (TPSA) is 78.9 Å². The van der Waals surface area contributed by atoms with Crippen LogP contribution < -0.4 is 5.73 Å². The molecule has 0 aromatic carbocycles. The van der Waals surface area contributed by atoms with Crippen LogP contribution in [-0.2, 0) is 11.3 Å². The maximum Gasteiger partial charge on any atom is 0.240 e. The van der Waals surface area contributed by atoms with Crippen LogP contribution in [0.4, 0.5) is 5.95 Å². The number of nitrogens with two attached hydrogens (primary N) is 1. The zero-order chi connectivity index (χ0) is 8.39. The Morgan fingerprint density at radius 3 is 3.17 bits per heavy atom. The predicted molar refractivity (Wildman–Crippen MR) is 41.2 cm³/mol. The van der Waals surface area contributed by atoms with Gasteiger partial charge in [-0.2, -0.15) is 0 Å². The van der Waals surface area contributed by atoms with Gasteiger partial charge in [-0.15, -0.1) is 0 Å². The number of nitrogens with zero attached hydrogens (tertiary/aromatic N) is 4. The molecule has 1 saturated heterocycles. The average molecular weight is 169 g/mol. The van der Waals surface area contributed by atoms with E-state index in [-0.39, 0.29) is 0 Å². The minimum atomic E-state index is 0.377. The van der Waals surface area contributed by atoms with Gasteiger partial charge in [-0.1, -0.05) is 5.10 Å². The molecule has 2 heterocycles. The molecule has 1 unspecified atom stereocenters. The van der Waals surface area contributed by atoms with E-state index in [0.29, 0.717) is 11.9 Å². The molecule has 2 rings (SSSR count). The molecule has 12 heavy (non-hydrogen) atoms. The van der Waals surface area contributed by atoms with E-state index >= 15 is 0 Å². The standard InChI is InChI=1S/C6H11N5O/c7-6-8-9-10-11(6)3-5-1-2-12-4-5/h5H,1-4H2,(H2,7,8,10). The Hall–Kier alpha value is -1.17. The van der Waals surface area contributed by atoms with E-state index in [0.717, 1.165) is 26.2 Å². The first-order chi connectivity index (χ1) is 5.86. The van der Waals surface area contributed by atoms with Crippen LogP contribution in [0.15, 0.2) is 0 Å². The SMILES string of the molecule is Nc1nnnn1CC1CCOC1. The summed E-state index contributed by atoms with van der Waals surface area (Å²) in [5.41, 5.74) is 5.50. The molecule has 0 spiro atoms. The highest BCUT2D eigenvalue weighted by Crippen LogP contribution is 2.14. The second-order valence-electron chi connectivity index (χ2n) is 2.95. The van der Waals surface area contributed by atoms with Crippen molar-refractivity contribution in [1.82, 2.24) is 20.2 Å². The number of ether oxygens (including phenoxy) is 1. The zero-order valence-corrected chi connectivity index (χ0v) is 6.68. The lowest BCUT2D eigenvalue weighted by molar-refractivity contribution is 0.181. The molecule has 0 saturated carbocycles. The summed E-state index contributed by atoms with van der Waals surface area (Å²) < 4.78 is 6.83. The van der Waals surface area contributed by atoms with E-state index in [9.17, 15) is 0 Å². The summed E-state index contributed by atoms with van der Waals surface area (Å²) in [6.45, 7) is 2.39. The maximum atomic E-state index is 5.50. The van der Waals surface area contributed by atoms with Crippen molar-refractivity contribution < 1.29 is 4.74 Å². The molecule has 0 aliphatic carbocycles. The summed E-state index contributed by atoms with van der Waals surface area (Å²) in [5, 5.41) is 10.8. The van der Waals surface area contributed by atoms with Crippen LogP contribution in [0.25, 0.3) is 0 Å². The molecule has 1 aliphatic rings. The van der Waals surface area contributed by atoms with E-state index < -0.39 is 0 Å². The van der Waals surface area contributed by atoms with E-state index in [2.05, 4.69) is 15.5 Å². The van der Waals surface area contributed by atoms with Crippen molar-refractivity contribution >= 4 is 5.95 Å². The van der Waals surface area contributed by atoms with Crippen LogP contribution in [0, 0.1) is 5.92 Å². The second-order valence-corrected chi connectivity index (χ2v) is 2.95. The Kier molecular flexibility index (Phi) is 1.91. The van der Waals surface area contributed by atoms with E-state index in [1.165, 1.54) is 0 Å². The van der Waals surface area contributed by atoms with Gasteiger partial charge in [-0.05, 0) is 16.8 Å². The highest BCUT2D eigenvalue weighted by atomic mass is 16.5. The highest BCUT2D eigenvalue weighted by molar-refractivity contribution is 5.09. The fourth-order valence-corrected chi connectivity index (χ4v) is 1.31. The maximum absolute atomic E-state index is 5.50. The zero-order valence-electron chi connectivity index (χ0n) is 6.68. The van der Waals surface area contributed by atoms with E-state index in [1.54, 1.807) is 4.68 Å². The molecular weight excluding hydrogens is 158 g/mol. The molecule has 66 valence electrons. The molecule has 1 aromatic heterocycles. The first-order valence-electron chi connectivity index (χ1n) is 3.95. The lowest BCUT2D eigenvalue weighted by Crippen LogP contribution is -2.14. The number of nitrogen functional groups attached to an aromatic ring is 1. The summed E-state index contributed by atoms with van der Waals surface area (Å²) >= 11 is 0. The van der Waals surface area contributed by atoms with Gasteiger partial charge in [0.15, 0.2) is 0 Å². The van der Waals surface area contributed by atoms with Gasteiger partial charge in [0, 0.05) is 12.5 Å². The third kappa shape index (κ3) is 1.38. The fraction of sp³-hybridized carbons (Fsp3) is 0.833. The van der Waals surface area contributed by atoms with Gasteiger partial charge in [0.2, 0.25) is 5.95 Å². The third-order valence-corrected chi connectivity index (χ3v) is 2.01. The molecule has 2 N–H and O–H groups in total. The Morgan fingerprint density at radius 1 is 1.67 bits per heavy atom. The summed E-state index contributed by atoms with van der Waals surface area (Å²) in [5.74, 6) is 0.887. The van der Waals surface area contributed by atoms with Crippen molar-refractivity contribution in [3.05, 3.63) is 0 Å². The van der Waals surface area contributed by atoms with Crippen molar-refractivity contribution in [2.75, 3.05) is 18.9 Å². The fourth-order valence-electron chi connectivity index (χ4n) is 1.31. The number of aromatic nitrogens is 4. The minimum Gasteiger partial charge on any atom is -0.381 e. The van der Waals surface area contributed by atoms with Crippen LogP contribution in [0.1, 0.15) is 6.42 Å². The van der Waals surface area contributed by atoms with E-state index in [1.807, 2.05) is 0 Å². The van der Waals surface area contributed by atoms with Gasteiger partial charge in [-0.25, -0.2) is 4.68 Å². The first-order valence-corrected chi connectivity index (χ1v) is 3.95. The molecule has 1 fully saturated rings. The Labute approximate surface area is 69.7 Å². The molecule has 0 amide bonds. The van der Waals surface area contributed by atoms with Gasteiger partial charge in [-0.3, -0.25) is 0 Å². The summed E-state index contributed by atoms with van der Waals surface area (Å²) in [6, 6.07) is 0. The molecule has 1 aromatic rings. The van der Waals surface area contributed by atoms with Gasteiger partial charge in [0.1, 0.15) is 0 Å². The molecule has 6 heteroatoms. The lowest BCUT2D eigenvalue weighted by Gasteiger charge is -2.05. The highest BCUT2D eigenvalue weighted by Gasteiger charge is 2.17. The van der Waals surface area contributed by atoms with Crippen LogP contribution in [0.2, 0.25) is 0 Å². The number of hydrogen-bond donors (Lipinski definition) is 1. The van der Waals surface area contributed by atoms with Crippen LogP contribution in [0.3, 0.4) is 0 Å². The normalized spacial score (nSPS) is 23.2. The van der Waals surface area contributed by atoms with Crippen molar-refractivity contribution in [1.29, 1.82) is 0 Å². The summed E-state index contributed by atoms with van der Waals surface area (Å²) in [7, 11) is 0. The largest absolute Gasteiger partial charge is 0.381 e. The lowest BCUT2D eigenvalue weighted by atomic mass is 10.1. The smallest absolute Gasteiger partial charge is 0.240 e. The van der Waals surface area contributed by atoms with Crippen molar-refractivity contribution in [2.24, 2.45) is 5.92 Å². The van der Waals surface area contributed by atoms with Crippen LogP contribution >= 0.6 is 0 Å². The molecular formula is C6H11N5O. The van der Waals surface area contributed by atoms with E-state index in [4.69, 9.17) is 10.5 Å². The Morgan fingerprint density at radius 2 is 2.58 bits per heavy atom. The Balaban J connectivity index is 1.98. The molecule has 0 radical (unpaired) electrons. The quantitative estimate of drug-likeness (QED) is 0.632. The monoisotopic (exact) mass is 169 g/mol. The number of hydrogen-bond acceptors (Lipinski definition) is 5. The van der Waals surface area contributed by atoms with Crippen molar-refractivity contribution in [2.45, 2.75) is 13.0 Å². The average Bonchev–Trinajstić information content (AvgIpc) is 2.65. The first kappa shape index (κ1) is 7.48. The second kappa shape index (κ2) is 3.06. The van der Waals surface area contributed by atoms with Crippen LogP contribution in [0.5, 0.6) is 0 Å². The predicted octanol–water partition coefficient (Wildman–Crippen LogP) is -0.708. The van der Waals surface area contributed by atoms with Gasteiger partial charge in [0.25, 0.3) is 0 Å². The van der Waals surface area contributed by atoms with Gasteiger partial charge < -0.3 is 10.5 Å². The number of anilines is 1. The number of tetrazole rings is 1. The molecule has 1 aliphatic heterocycles. The minimum absolute atomic E-state index is 0.377. The Bertz CT molecular complexity index is 254. The third-order valence-electron chi connectivity index (χ3n) is 2.01. The molecule has 6 nitrogen and oxygen atoms in total. The van der Waals surface area contributed by atoms with Gasteiger partial charge >= 0.3 is 0 Å². The molecule has 1 atom stereocenters. The van der Waals surface area contributed by atoms with Crippen molar-refractivity contribution in [3.63, 3.8) is 0 Å².